The molecule has 0 aromatic heterocycles. The minimum atomic E-state index is -1.03. The molecule has 0 spiro atoms. The predicted octanol–water partition coefficient (Wildman–Crippen LogP) is 2.50. The van der Waals surface area contributed by atoms with Gasteiger partial charge in [0.1, 0.15) is 11.6 Å². The first kappa shape index (κ1) is 21.3. The normalized spacial score (nSPS) is 13.3. The first-order valence-electron chi connectivity index (χ1n) is 9.09. The highest BCUT2D eigenvalue weighted by atomic mass is 35.5. The Labute approximate surface area is 176 Å². The Hall–Kier alpha value is -3.46. The first-order chi connectivity index (χ1) is 14.3. The van der Waals surface area contributed by atoms with Crippen molar-refractivity contribution in [1.82, 2.24) is 5.32 Å². The van der Waals surface area contributed by atoms with Crippen molar-refractivity contribution in [2.24, 2.45) is 0 Å². The zero-order valence-electron chi connectivity index (χ0n) is 16.0. The van der Waals surface area contributed by atoms with E-state index < -0.39 is 35.1 Å². The molecule has 0 bridgehead atoms. The van der Waals surface area contributed by atoms with Crippen molar-refractivity contribution in [3.05, 3.63) is 68.7 Å². The summed E-state index contributed by atoms with van der Waals surface area (Å²) < 4.78 is 5.13. The predicted molar refractivity (Wildman–Crippen MR) is 108 cm³/mol. The van der Waals surface area contributed by atoms with E-state index in [1.165, 1.54) is 19.1 Å². The first-order valence-corrected chi connectivity index (χ1v) is 9.46. The van der Waals surface area contributed by atoms with Crippen LogP contribution in [0.15, 0.2) is 42.5 Å². The van der Waals surface area contributed by atoms with Crippen molar-refractivity contribution in [3.8, 4) is 0 Å². The number of amides is 2. The van der Waals surface area contributed by atoms with Crippen molar-refractivity contribution in [2.75, 3.05) is 18.0 Å². The van der Waals surface area contributed by atoms with Gasteiger partial charge in [-0.2, -0.15) is 0 Å². The van der Waals surface area contributed by atoms with Gasteiger partial charge in [-0.3, -0.25) is 24.5 Å². The number of fused-ring (bicyclic) bond motifs is 1. The number of nitrogens with one attached hydrogen (secondary N) is 1. The maximum atomic E-state index is 12.6. The summed E-state index contributed by atoms with van der Waals surface area (Å²) in [5, 5.41) is 13.1. The third kappa shape index (κ3) is 4.57. The van der Waals surface area contributed by atoms with Crippen LogP contribution in [0.5, 0.6) is 0 Å². The number of nitro benzene ring substituents is 1. The van der Waals surface area contributed by atoms with Crippen LogP contribution in [-0.2, 0) is 20.7 Å². The Balaban J connectivity index is 1.54. The monoisotopic (exact) mass is 431 g/mol. The van der Waals surface area contributed by atoms with Crippen molar-refractivity contribution < 1.29 is 24.0 Å². The van der Waals surface area contributed by atoms with E-state index in [0.29, 0.717) is 6.54 Å². The van der Waals surface area contributed by atoms with Gasteiger partial charge >= 0.3 is 5.97 Å². The van der Waals surface area contributed by atoms with E-state index in [0.717, 1.165) is 23.7 Å². The largest absolute Gasteiger partial charge is 0.451 e. The third-order valence-electron chi connectivity index (χ3n) is 4.61. The molecule has 0 fully saturated rings. The van der Waals surface area contributed by atoms with Gasteiger partial charge in [0.2, 0.25) is 0 Å². The number of hydrogen-bond donors (Lipinski definition) is 1. The Kier molecular flexibility index (Phi) is 6.31. The van der Waals surface area contributed by atoms with E-state index >= 15 is 0 Å². The van der Waals surface area contributed by atoms with Crippen LogP contribution in [0.2, 0.25) is 5.02 Å². The van der Waals surface area contributed by atoms with Crippen LogP contribution in [0.4, 0.5) is 11.4 Å². The second-order valence-electron chi connectivity index (χ2n) is 6.61. The minimum Gasteiger partial charge on any atom is -0.451 e. The fraction of sp³-hybridized carbons (Fsp3) is 0.250. The van der Waals surface area contributed by atoms with Gasteiger partial charge in [-0.05, 0) is 37.1 Å². The Morgan fingerprint density at radius 3 is 2.73 bits per heavy atom. The Morgan fingerprint density at radius 2 is 2.00 bits per heavy atom. The van der Waals surface area contributed by atoms with Gasteiger partial charge in [-0.15, -0.1) is 0 Å². The van der Waals surface area contributed by atoms with Gasteiger partial charge in [0.05, 0.1) is 4.92 Å². The van der Waals surface area contributed by atoms with Gasteiger partial charge in [0.25, 0.3) is 17.5 Å². The van der Waals surface area contributed by atoms with Crippen LogP contribution in [0.3, 0.4) is 0 Å². The van der Waals surface area contributed by atoms with E-state index in [9.17, 15) is 24.5 Å². The molecular weight excluding hydrogens is 414 g/mol. The fourth-order valence-electron chi connectivity index (χ4n) is 3.12. The highest BCUT2D eigenvalue weighted by Gasteiger charge is 2.29. The van der Waals surface area contributed by atoms with E-state index in [1.807, 2.05) is 24.3 Å². The lowest BCUT2D eigenvalue weighted by Gasteiger charge is -2.21. The van der Waals surface area contributed by atoms with Crippen molar-refractivity contribution >= 4 is 40.8 Å². The molecule has 0 saturated heterocycles. The highest BCUT2D eigenvalue weighted by molar-refractivity contribution is 6.32. The van der Waals surface area contributed by atoms with Crippen LogP contribution in [0, 0.1) is 10.1 Å². The molecule has 0 saturated carbocycles. The van der Waals surface area contributed by atoms with Gasteiger partial charge in [-0.1, -0.05) is 29.8 Å². The van der Waals surface area contributed by atoms with Crippen molar-refractivity contribution in [1.29, 1.82) is 0 Å². The van der Waals surface area contributed by atoms with Crippen molar-refractivity contribution in [2.45, 2.75) is 19.4 Å². The molecular formula is C20H18ClN3O6. The number of ether oxygens (including phenoxy) is 1. The molecule has 156 valence electrons. The Morgan fingerprint density at radius 1 is 1.27 bits per heavy atom. The molecule has 0 aliphatic carbocycles. The van der Waals surface area contributed by atoms with Crippen LogP contribution in [0.1, 0.15) is 22.8 Å². The average molecular weight is 432 g/mol. The number of halogens is 1. The molecule has 3 rings (SSSR count). The van der Waals surface area contributed by atoms with Crippen LogP contribution >= 0.6 is 11.6 Å². The number of para-hydroxylation sites is 1. The van der Waals surface area contributed by atoms with E-state index in [4.69, 9.17) is 16.3 Å². The molecule has 30 heavy (non-hydrogen) atoms. The summed E-state index contributed by atoms with van der Waals surface area (Å²) in [6, 6.07) is 11.0. The number of rotatable bonds is 6. The van der Waals surface area contributed by atoms with Gasteiger partial charge in [-0.25, -0.2) is 0 Å². The maximum absolute atomic E-state index is 12.6. The zero-order valence-corrected chi connectivity index (χ0v) is 16.7. The van der Waals surface area contributed by atoms with Crippen LogP contribution in [0.25, 0.3) is 0 Å². The lowest BCUT2D eigenvalue weighted by atomic mass is 10.2. The Bertz CT molecular complexity index is 1030. The van der Waals surface area contributed by atoms with Gasteiger partial charge < -0.3 is 15.0 Å². The number of carbonyl (C=O) groups is 3. The van der Waals surface area contributed by atoms with Gasteiger partial charge in [0, 0.05) is 23.9 Å². The summed E-state index contributed by atoms with van der Waals surface area (Å²) >= 11 is 5.71. The summed E-state index contributed by atoms with van der Waals surface area (Å²) in [5.74, 6) is -1.87. The summed E-state index contributed by atoms with van der Waals surface area (Å²) in [5.41, 5.74) is 1.39. The molecule has 1 N–H and O–H groups in total. The SMILES string of the molecule is CC(OC(=O)CNC(=O)c1ccc(Cl)c([N+](=O)[O-])c1)C(=O)N1CCc2ccccc21. The summed E-state index contributed by atoms with van der Waals surface area (Å²) in [7, 11) is 0. The van der Waals surface area contributed by atoms with E-state index in [-0.39, 0.29) is 16.5 Å². The standard InChI is InChI=1S/C20H18ClN3O6/c1-12(20(27)23-9-8-13-4-2-3-5-16(13)23)30-18(25)11-22-19(26)14-6-7-15(21)17(10-14)24(28)29/h2-7,10,12H,8-9,11H2,1H3,(H,22,26). The number of carbonyl (C=O) groups excluding carboxylic acids is 3. The molecule has 2 aromatic rings. The minimum absolute atomic E-state index is 0.0308. The number of nitro groups is 1. The molecule has 1 aliphatic heterocycles. The number of benzene rings is 2. The lowest BCUT2D eigenvalue weighted by molar-refractivity contribution is -0.384. The highest BCUT2D eigenvalue weighted by Crippen LogP contribution is 2.28. The lowest BCUT2D eigenvalue weighted by Crippen LogP contribution is -2.41. The van der Waals surface area contributed by atoms with Crippen LogP contribution in [-0.4, -0.2) is 41.9 Å². The smallest absolute Gasteiger partial charge is 0.326 e. The molecule has 0 radical (unpaired) electrons. The molecule has 1 heterocycles. The number of nitrogens with zero attached hydrogens (tertiary/aromatic N) is 2. The third-order valence-corrected chi connectivity index (χ3v) is 4.93. The van der Waals surface area contributed by atoms with Crippen LogP contribution < -0.4 is 10.2 Å². The number of hydrogen-bond acceptors (Lipinski definition) is 6. The quantitative estimate of drug-likeness (QED) is 0.426. The molecule has 1 unspecified atom stereocenters. The second-order valence-corrected chi connectivity index (χ2v) is 7.01. The number of anilines is 1. The zero-order chi connectivity index (χ0) is 21.8. The van der Waals surface area contributed by atoms with E-state index in [1.54, 1.807) is 4.90 Å². The number of esters is 1. The summed E-state index contributed by atoms with van der Waals surface area (Å²) in [4.78, 5) is 48.6. The molecule has 9 nitrogen and oxygen atoms in total. The molecule has 10 heteroatoms. The topological polar surface area (TPSA) is 119 Å². The van der Waals surface area contributed by atoms with E-state index in [2.05, 4.69) is 5.32 Å². The maximum Gasteiger partial charge on any atom is 0.326 e. The molecule has 1 atom stereocenters. The average Bonchev–Trinajstić information content (AvgIpc) is 3.15. The molecule has 2 aromatic carbocycles. The summed E-state index contributed by atoms with van der Waals surface area (Å²) in [6.07, 6.45) is -0.302. The summed E-state index contributed by atoms with van der Waals surface area (Å²) in [6.45, 7) is 1.47. The van der Waals surface area contributed by atoms with Crippen molar-refractivity contribution in [3.63, 3.8) is 0 Å². The fourth-order valence-corrected chi connectivity index (χ4v) is 3.31. The second kappa shape index (κ2) is 8.91. The van der Waals surface area contributed by atoms with Gasteiger partial charge in [0.15, 0.2) is 6.10 Å². The molecule has 2 amide bonds. The molecule has 1 aliphatic rings.